The smallest absolute Gasteiger partial charge is 0.205 e. The van der Waals surface area contributed by atoms with Gasteiger partial charge >= 0.3 is 0 Å². The van der Waals surface area contributed by atoms with Crippen LogP contribution in [0.5, 0.6) is 0 Å². The summed E-state index contributed by atoms with van der Waals surface area (Å²) in [6, 6.07) is 10.9. The summed E-state index contributed by atoms with van der Waals surface area (Å²) >= 11 is 1.05. The number of hydrogen-bond donors (Lipinski definition) is 1. The number of benzene rings is 2. The number of carbonyl (C=O) groups excluding carboxylic acids is 1. The molecule has 6 heteroatoms. The Morgan fingerprint density at radius 1 is 0.955 bits per heavy atom. The van der Waals surface area contributed by atoms with E-state index in [0.29, 0.717) is 21.7 Å². The Labute approximate surface area is 129 Å². The predicted octanol–water partition coefficient (Wildman–Crippen LogP) is 3.90. The summed E-state index contributed by atoms with van der Waals surface area (Å²) < 4.78 is 26.0. The molecule has 2 aromatic carbocycles. The van der Waals surface area contributed by atoms with Gasteiger partial charge in [0.15, 0.2) is 5.13 Å². The van der Waals surface area contributed by atoms with Crippen molar-refractivity contribution in [2.45, 2.75) is 0 Å². The van der Waals surface area contributed by atoms with Crippen LogP contribution in [0.15, 0.2) is 48.5 Å². The zero-order valence-corrected chi connectivity index (χ0v) is 12.0. The van der Waals surface area contributed by atoms with E-state index in [1.807, 2.05) is 0 Å². The number of hydrogen-bond acceptors (Lipinski definition) is 4. The fourth-order valence-corrected chi connectivity index (χ4v) is 2.84. The number of nitrogens with two attached hydrogens (primary N) is 1. The summed E-state index contributed by atoms with van der Waals surface area (Å²) in [5.41, 5.74) is 7.05. The van der Waals surface area contributed by atoms with Gasteiger partial charge in [-0.1, -0.05) is 11.3 Å². The Balaban J connectivity index is 2.06. The summed E-state index contributed by atoms with van der Waals surface area (Å²) in [5, 5.41) is 0.241. The van der Waals surface area contributed by atoms with Crippen LogP contribution in [0, 0.1) is 11.6 Å². The number of rotatable bonds is 3. The number of carbonyl (C=O) groups is 1. The molecule has 3 nitrogen and oxygen atoms in total. The Kier molecular flexibility index (Phi) is 3.68. The molecule has 0 bridgehead atoms. The van der Waals surface area contributed by atoms with E-state index in [1.165, 1.54) is 48.5 Å². The van der Waals surface area contributed by atoms with Gasteiger partial charge in [0.2, 0.25) is 5.78 Å². The standard InChI is InChI=1S/C16H10F2N2OS/c17-11-5-1-9(2-6-11)13-15(22-16(19)20-13)14(21)10-3-7-12(18)8-4-10/h1-8H,(H2,19,20). The highest BCUT2D eigenvalue weighted by atomic mass is 32.1. The molecule has 0 fully saturated rings. The van der Waals surface area contributed by atoms with Crippen molar-refractivity contribution in [2.24, 2.45) is 0 Å². The van der Waals surface area contributed by atoms with Crippen molar-refractivity contribution in [3.05, 3.63) is 70.6 Å². The molecule has 1 aromatic heterocycles. The number of anilines is 1. The van der Waals surface area contributed by atoms with Gasteiger partial charge in [-0.25, -0.2) is 13.8 Å². The summed E-state index contributed by atoms with van der Waals surface area (Å²) in [6.45, 7) is 0. The van der Waals surface area contributed by atoms with Crippen molar-refractivity contribution in [3.63, 3.8) is 0 Å². The van der Waals surface area contributed by atoms with Gasteiger partial charge in [0, 0.05) is 11.1 Å². The second-order valence-corrected chi connectivity index (χ2v) is 5.60. The van der Waals surface area contributed by atoms with Crippen LogP contribution in [0.3, 0.4) is 0 Å². The summed E-state index contributed by atoms with van der Waals surface area (Å²) in [4.78, 5) is 17.0. The van der Waals surface area contributed by atoms with Gasteiger partial charge in [-0.2, -0.15) is 0 Å². The normalized spacial score (nSPS) is 10.6. The highest BCUT2D eigenvalue weighted by Crippen LogP contribution is 2.31. The minimum absolute atomic E-state index is 0.241. The first-order valence-electron chi connectivity index (χ1n) is 6.37. The van der Waals surface area contributed by atoms with Crippen LogP contribution in [0.4, 0.5) is 13.9 Å². The van der Waals surface area contributed by atoms with Gasteiger partial charge in [0.05, 0.1) is 5.69 Å². The van der Waals surface area contributed by atoms with E-state index in [1.54, 1.807) is 0 Å². The van der Waals surface area contributed by atoms with E-state index in [4.69, 9.17) is 5.73 Å². The first kappa shape index (κ1) is 14.3. The number of aromatic nitrogens is 1. The van der Waals surface area contributed by atoms with Gasteiger partial charge in [-0.15, -0.1) is 0 Å². The molecule has 0 saturated heterocycles. The van der Waals surface area contributed by atoms with Crippen LogP contribution in [-0.4, -0.2) is 10.8 Å². The minimum Gasteiger partial charge on any atom is -0.375 e. The minimum atomic E-state index is -0.417. The van der Waals surface area contributed by atoms with E-state index in [-0.39, 0.29) is 16.7 Å². The molecule has 0 aliphatic heterocycles. The van der Waals surface area contributed by atoms with Crippen molar-refractivity contribution in [3.8, 4) is 11.3 Å². The van der Waals surface area contributed by atoms with Crippen molar-refractivity contribution in [1.82, 2.24) is 4.98 Å². The lowest BCUT2D eigenvalue weighted by Gasteiger charge is -2.02. The quantitative estimate of drug-likeness (QED) is 0.746. The van der Waals surface area contributed by atoms with Crippen molar-refractivity contribution in [1.29, 1.82) is 0 Å². The third-order valence-corrected chi connectivity index (χ3v) is 3.96. The third kappa shape index (κ3) is 2.73. The van der Waals surface area contributed by atoms with Gasteiger partial charge in [-0.05, 0) is 48.5 Å². The van der Waals surface area contributed by atoms with E-state index in [2.05, 4.69) is 4.98 Å². The monoisotopic (exact) mass is 316 g/mol. The van der Waals surface area contributed by atoms with Gasteiger partial charge < -0.3 is 5.73 Å². The van der Waals surface area contributed by atoms with E-state index < -0.39 is 5.82 Å². The van der Waals surface area contributed by atoms with Crippen LogP contribution >= 0.6 is 11.3 Å². The lowest BCUT2D eigenvalue weighted by molar-refractivity contribution is 0.104. The van der Waals surface area contributed by atoms with E-state index in [9.17, 15) is 13.6 Å². The molecule has 3 aromatic rings. The van der Waals surface area contributed by atoms with Crippen LogP contribution in [0.25, 0.3) is 11.3 Å². The predicted molar refractivity (Wildman–Crippen MR) is 81.8 cm³/mol. The summed E-state index contributed by atoms with van der Waals surface area (Å²) in [6.07, 6.45) is 0. The number of thiazole rings is 1. The fourth-order valence-electron chi connectivity index (χ4n) is 2.03. The van der Waals surface area contributed by atoms with Crippen LogP contribution < -0.4 is 5.73 Å². The number of nitrogens with zero attached hydrogens (tertiary/aromatic N) is 1. The molecule has 0 atom stereocenters. The highest BCUT2D eigenvalue weighted by molar-refractivity contribution is 7.18. The largest absolute Gasteiger partial charge is 0.375 e. The number of nitrogen functional groups attached to an aromatic ring is 1. The molecule has 0 aliphatic rings. The Hall–Kier alpha value is -2.60. The SMILES string of the molecule is Nc1nc(-c2ccc(F)cc2)c(C(=O)c2ccc(F)cc2)s1. The number of ketones is 1. The average Bonchev–Trinajstić information content (AvgIpc) is 2.90. The molecule has 0 amide bonds. The Bertz CT molecular complexity index is 826. The molecule has 22 heavy (non-hydrogen) atoms. The van der Waals surface area contributed by atoms with Crippen molar-refractivity contribution in [2.75, 3.05) is 5.73 Å². The van der Waals surface area contributed by atoms with Gasteiger partial charge in [0.1, 0.15) is 16.5 Å². The lowest BCUT2D eigenvalue weighted by atomic mass is 10.1. The molecule has 0 spiro atoms. The second-order valence-electron chi connectivity index (χ2n) is 4.57. The van der Waals surface area contributed by atoms with Gasteiger partial charge in [-0.3, -0.25) is 4.79 Å². The van der Waals surface area contributed by atoms with Crippen molar-refractivity contribution < 1.29 is 13.6 Å². The molecular weight excluding hydrogens is 306 g/mol. The average molecular weight is 316 g/mol. The summed E-state index contributed by atoms with van der Waals surface area (Å²) in [7, 11) is 0. The van der Waals surface area contributed by atoms with Gasteiger partial charge in [0.25, 0.3) is 0 Å². The molecule has 110 valence electrons. The molecular formula is C16H10F2N2OS. The maximum absolute atomic E-state index is 13.0. The van der Waals surface area contributed by atoms with E-state index >= 15 is 0 Å². The number of halogens is 2. The molecule has 0 radical (unpaired) electrons. The zero-order chi connectivity index (χ0) is 15.7. The maximum Gasteiger partial charge on any atom is 0.205 e. The highest BCUT2D eigenvalue weighted by Gasteiger charge is 2.20. The molecule has 0 saturated carbocycles. The molecule has 1 heterocycles. The molecule has 0 aliphatic carbocycles. The van der Waals surface area contributed by atoms with Crippen molar-refractivity contribution >= 4 is 22.3 Å². The fraction of sp³-hybridized carbons (Fsp3) is 0. The van der Waals surface area contributed by atoms with Crippen LogP contribution in [0.1, 0.15) is 15.2 Å². The molecule has 0 unspecified atom stereocenters. The third-order valence-electron chi connectivity index (χ3n) is 3.07. The van der Waals surface area contributed by atoms with Crippen LogP contribution in [-0.2, 0) is 0 Å². The Morgan fingerprint density at radius 2 is 1.50 bits per heavy atom. The summed E-state index contributed by atoms with van der Waals surface area (Å²) in [5.74, 6) is -1.09. The first-order chi connectivity index (χ1) is 10.5. The molecule has 2 N–H and O–H groups in total. The first-order valence-corrected chi connectivity index (χ1v) is 7.19. The van der Waals surface area contributed by atoms with Crippen LogP contribution in [0.2, 0.25) is 0 Å². The zero-order valence-electron chi connectivity index (χ0n) is 11.2. The lowest BCUT2D eigenvalue weighted by Crippen LogP contribution is -2.01. The Morgan fingerprint density at radius 3 is 2.09 bits per heavy atom. The molecule has 3 rings (SSSR count). The second kappa shape index (κ2) is 5.65. The maximum atomic E-state index is 13.0. The van der Waals surface area contributed by atoms with E-state index in [0.717, 1.165) is 11.3 Å². The topological polar surface area (TPSA) is 56.0 Å².